The first-order valence-corrected chi connectivity index (χ1v) is 6.19. The number of hydrogen-bond donors (Lipinski definition) is 3. The smallest absolute Gasteiger partial charge is 0.322 e. The lowest BCUT2D eigenvalue weighted by molar-refractivity contribution is 0.379. The van der Waals surface area contributed by atoms with E-state index >= 15 is 0 Å². The van der Waals surface area contributed by atoms with Gasteiger partial charge >= 0.3 is 6.01 Å². The number of methoxy groups -OCH3 is 1. The molecule has 0 fully saturated rings. The highest BCUT2D eigenvalue weighted by atomic mass is 127. The van der Waals surface area contributed by atoms with Crippen molar-refractivity contribution in [2.75, 3.05) is 17.9 Å². The molecule has 0 bridgehead atoms. The average Bonchev–Trinajstić information content (AvgIpc) is 2.43. The number of ether oxygens (including phenoxy) is 1. The molecular weight excluding hydrogens is 366 g/mol. The van der Waals surface area contributed by atoms with Crippen molar-refractivity contribution in [3.63, 3.8) is 0 Å². The van der Waals surface area contributed by atoms with Crippen molar-refractivity contribution in [3.8, 4) is 6.01 Å². The number of nitrogens with two attached hydrogens (primary N) is 1. The monoisotopic (exact) mass is 376 g/mol. The van der Waals surface area contributed by atoms with Crippen LogP contribution in [0, 0.1) is 9.39 Å². The zero-order valence-electron chi connectivity index (χ0n) is 9.82. The fourth-order valence-corrected chi connectivity index (χ4v) is 1.78. The molecule has 9 heteroatoms. The molecule has 0 amide bonds. The number of nitrogen functional groups attached to an aromatic ring is 1. The molecule has 1 heterocycles. The van der Waals surface area contributed by atoms with E-state index in [1.165, 1.54) is 13.2 Å². The van der Waals surface area contributed by atoms with Gasteiger partial charge in [-0.1, -0.05) is 6.07 Å². The van der Waals surface area contributed by atoms with E-state index in [1.807, 2.05) is 22.6 Å². The van der Waals surface area contributed by atoms with Crippen LogP contribution in [0.5, 0.6) is 6.01 Å². The van der Waals surface area contributed by atoms with E-state index in [9.17, 15) is 4.39 Å². The maximum Gasteiger partial charge on any atom is 0.322 e. The second kappa shape index (κ2) is 5.93. The molecule has 0 radical (unpaired) electrons. The van der Waals surface area contributed by atoms with Gasteiger partial charge in [-0.25, -0.2) is 10.2 Å². The molecule has 1 aromatic heterocycles. The SMILES string of the molecule is COc1nc(NN)nc(Nc2cccc(F)c2I)n1. The van der Waals surface area contributed by atoms with Gasteiger partial charge in [0.1, 0.15) is 5.82 Å². The van der Waals surface area contributed by atoms with E-state index in [4.69, 9.17) is 10.6 Å². The average molecular weight is 376 g/mol. The quantitative estimate of drug-likeness (QED) is 0.424. The van der Waals surface area contributed by atoms with Crippen molar-refractivity contribution in [1.82, 2.24) is 15.0 Å². The second-order valence-electron chi connectivity index (χ2n) is 3.34. The van der Waals surface area contributed by atoms with Crippen molar-refractivity contribution in [3.05, 3.63) is 27.6 Å². The predicted octanol–water partition coefficient (Wildman–Crippen LogP) is 1.65. The van der Waals surface area contributed by atoms with Crippen molar-refractivity contribution < 1.29 is 9.13 Å². The Labute approximate surface area is 121 Å². The number of rotatable bonds is 4. The number of hydrogen-bond acceptors (Lipinski definition) is 7. The minimum Gasteiger partial charge on any atom is -0.467 e. The lowest BCUT2D eigenvalue weighted by Gasteiger charge is -2.09. The first kappa shape index (κ1) is 13.7. The van der Waals surface area contributed by atoms with Gasteiger partial charge in [0, 0.05) is 0 Å². The van der Waals surface area contributed by atoms with Crippen LogP contribution in [0.3, 0.4) is 0 Å². The molecule has 0 atom stereocenters. The third kappa shape index (κ3) is 3.17. The Morgan fingerprint density at radius 1 is 1.26 bits per heavy atom. The predicted molar refractivity (Wildman–Crippen MR) is 76.6 cm³/mol. The first-order valence-electron chi connectivity index (χ1n) is 5.11. The molecule has 0 aliphatic carbocycles. The van der Waals surface area contributed by atoms with Gasteiger partial charge in [0.05, 0.1) is 16.4 Å². The fraction of sp³-hybridized carbons (Fsp3) is 0.100. The molecule has 0 aliphatic heterocycles. The van der Waals surface area contributed by atoms with Crippen LogP contribution in [0.4, 0.5) is 22.0 Å². The van der Waals surface area contributed by atoms with Gasteiger partial charge in [0.15, 0.2) is 0 Å². The fourth-order valence-electron chi connectivity index (χ4n) is 1.29. The molecule has 0 saturated heterocycles. The van der Waals surface area contributed by atoms with Gasteiger partial charge in [0.2, 0.25) is 11.9 Å². The summed E-state index contributed by atoms with van der Waals surface area (Å²) in [6.07, 6.45) is 0. The Morgan fingerprint density at radius 3 is 2.68 bits per heavy atom. The summed E-state index contributed by atoms with van der Waals surface area (Å²) in [5.41, 5.74) is 2.83. The molecule has 0 spiro atoms. The molecule has 7 nitrogen and oxygen atoms in total. The summed E-state index contributed by atoms with van der Waals surface area (Å²) in [5.74, 6) is 5.25. The number of anilines is 3. The lowest BCUT2D eigenvalue weighted by atomic mass is 10.3. The van der Waals surface area contributed by atoms with Gasteiger partial charge in [-0.15, -0.1) is 0 Å². The van der Waals surface area contributed by atoms with Gasteiger partial charge in [-0.3, -0.25) is 5.43 Å². The number of nitrogens with zero attached hydrogens (tertiary/aromatic N) is 3. The second-order valence-corrected chi connectivity index (χ2v) is 4.42. The maximum absolute atomic E-state index is 13.4. The molecule has 1 aromatic carbocycles. The standard InChI is InChI=1S/C10H10FIN6O/c1-19-10-16-8(15-9(17-10)18-13)14-6-4-2-3-5(11)7(6)12/h2-4H,13H2,1H3,(H2,14,15,16,17,18). The summed E-state index contributed by atoms with van der Waals surface area (Å²) in [6.45, 7) is 0. The van der Waals surface area contributed by atoms with Crippen molar-refractivity contribution in [2.45, 2.75) is 0 Å². The molecule has 2 rings (SSSR count). The van der Waals surface area contributed by atoms with Crippen LogP contribution in [0.15, 0.2) is 18.2 Å². The van der Waals surface area contributed by atoms with E-state index in [1.54, 1.807) is 12.1 Å². The van der Waals surface area contributed by atoms with Gasteiger partial charge in [0.25, 0.3) is 0 Å². The molecule has 19 heavy (non-hydrogen) atoms. The Balaban J connectivity index is 2.34. The normalized spacial score (nSPS) is 10.1. The number of halogens is 2. The largest absolute Gasteiger partial charge is 0.467 e. The summed E-state index contributed by atoms with van der Waals surface area (Å²) < 4.78 is 18.8. The first-order chi connectivity index (χ1) is 9.13. The van der Waals surface area contributed by atoms with Crippen LogP contribution in [-0.2, 0) is 0 Å². The molecule has 0 aliphatic rings. The van der Waals surface area contributed by atoms with E-state index in [0.717, 1.165) is 0 Å². The summed E-state index contributed by atoms with van der Waals surface area (Å²) in [5, 5.41) is 2.88. The van der Waals surface area contributed by atoms with Crippen LogP contribution in [-0.4, -0.2) is 22.1 Å². The highest BCUT2D eigenvalue weighted by molar-refractivity contribution is 14.1. The zero-order chi connectivity index (χ0) is 13.8. The van der Waals surface area contributed by atoms with Crippen LogP contribution >= 0.6 is 22.6 Å². The van der Waals surface area contributed by atoms with E-state index < -0.39 is 0 Å². The highest BCUT2D eigenvalue weighted by Gasteiger charge is 2.09. The minimum absolute atomic E-state index is 0.0943. The van der Waals surface area contributed by atoms with Crippen LogP contribution in [0.1, 0.15) is 0 Å². The Bertz CT molecular complexity index is 574. The van der Waals surface area contributed by atoms with Crippen LogP contribution < -0.4 is 21.3 Å². The molecule has 0 saturated carbocycles. The number of nitrogens with one attached hydrogen (secondary N) is 2. The maximum atomic E-state index is 13.4. The number of aromatic nitrogens is 3. The van der Waals surface area contributed by atoms with Crippen molar-refractivity contribution in [1.29, 1.82) is 0 Å². The zero-order valence-corrected chi connectivity index (χ0v) is 12.0. The number of benzene rings is 1. The Hall–Kier alpha value is -1.75. The lowest BCUT2D eigenvalue weighted by Crippen LogP contribution is -2.13. The van der Waals surface area contributed by atoms with Crippen molar-refractivity contribution >= 4 is 40.2 Å². The van der Waals surface area contributed by atoms with Gasteiger partial charge in [-0.05, 0) is 34.7 Å². The highest BCUT2D eigenvalue weighted by Crippen LogP contribution is 2.24. The summed E-state index contributed by atoms with van der Waals surface area (Å²) in [6, 6.07) is 4.75. The topological polar surface area (TPSA) is 98.0 Å². The molecule has 0 unspecified atom stereocenters. The Kier molecular flexibility index (Phi) is 4.27. The Morgan fingerprint density at radius 2 is 2.00 bits per heavy atom. The van der Waals surface area contributed by atoms with E-state index in [2.05, 4.69) is 25.7 Å². The summed E-state index contributed by atoms with van der Waals surface area (Å²) >= 11 is 1.89. The number of hydrazine groups is 1. The summed E-state index contributed by atoms with van der Waals surface area (Å²) in [7, 11) is 1.42. The van der Waals surface area contributed by atoms with Gasteiger partial charge in [-0.2, -0.15) is 15.0 Å². The van der Waals surface area contributed by atoms with Crippen molar-refractivity contribution in [2.24, 2.45) is 5.84 Å². The van der Waals surface area contributed by atoms with E-state index in [0.29, 0.717) is 9.26 Å². The van der Waals surface area contributed by atoms with Gasteiger partial charge < -0.3 is 10.1 Å². The van der Waals surface area contributed by atoms with Crippen LogP contribution in [0.25, 0.3) is 0 Å². The van der Waals surface area contributed by atoms with E-state index in [-0.39, 0.29) is 23.7 Å². The minimum atomic E-state index is -0.330. The molecular formula is C10H10FIN6O. The third-order valence-electron chi connectivity index (χ3n) is 2.12. The molecule has 4 N–H and O–H groups in total. The van der Waals surface area contributed by atoms with Crippen LogP contribution in [0.2, 0.25) is 0 Å². The molecule has 100 valence electrons. The third-order valence-corrected chi connectivity index (χ3v) is 3.22. The summed E-state index contributed by atoms with van der Waals surface area (Å²) in [4.78, 5) is 11.8. The molecule has 2 aromatic rings.